The Kier molecular flexibility index (Phi) is 6.03. The number of nitrogens with zero attached hydrogens (tertiary/aromatic N) is 1. The first kappa shape index (κ1) is 16.7. The van der Waals surface area contributed by atoms with Crippen LogP contribution in [-0.2, 0) is 6.54 Å². The Morgan fingerprint density at radius 2 is 2.19 bits per heavy atom. The fraction of sp³-hybridized carbons (Fsp3) is 0.647. The second-order valence-electron chi connectivity index (χ2n) is 6.44. The van der Waals surface area contributed by atoms with Gasteiger partial charge < -0.3 is 5.32 Å². The molecule has 1 aromatic rings. The Bertz CT molecular complexity index is 464. The van der Waals surface area contributed by atoms with Gasteiger partial charge >= 0.3 is 0 Å². The fourth-order valence-corrected chi connectivity index (χ4v) is 3.25. The largest absolute Gasteiger partial charge is 0.311 e. The summed E-state index contributed by atoms with van der Waals surface area (Å²) in [5, 5.41) is 3.89. The van der Waals surface area contributed by atoms with Gasteiger partial charge in [0.15, 0.2) is 0 Å². The van der Waals surface area contributed by atoms with Gasteiger partial charge in [-0.2, -0.15) is 0 Å². The van der Waals surface area contributed by atoms with Crippen molar-refractivity contribution >= 4 is 11.6 Å². The molecule has 0 radical (unpaired) electrons. The van der Waals surface area contributed by atoms with Crippen molar-refractivity contribution in [2.24, 2.45) is 5.92 Å². The number of hydrogen-bond donors (Lipinski definition) is 1. The van der Waals surface area contributed by atoms with Gasteiger partial charge in [0.05, 0.1) is 5.02 Å². The van der Waals surface area contributed by atoms with Crippen molar-refractivity contribution in [1.29, 1.82) is 0 Å². The van der Waals surface area contributed by atoms with Crippen molar-refractivity contribution in [1.82, 2.24) is 10.2 Å². The van der Waals surface area contributed by atoms with Crippen molar-refractivity contribution in [2.45, 2.75) is 52.2 Å². The van der Waals surface area contributed by atoms with E-state index in [-0.39, 0.29) is 10.8 Å². The zero-order valence-electron chi connectivity index (χ0n) is 13.2. The van der Waals surface area contributed by atoms with Crippen molar-refractivity contribution in [3.05, 3.63) is 34.6 Å². The fourth-order valence-electron chi connectivity index (χ4n) is 3.06. The predicted molar refractivity (Wildman–Crippen MR) is 87.1 cm³/mol. The van der Waals surface area contributed by atoms with Crippen LogP contribution in [0.5, 0.6) is 0 Å². The minimum atomic E-state index is -0.322. The molecular formula is C17H26ClFN2. The molecule has 118 valence electrons. The summed E-state index contributed by atoms with van der Waals surface area (Å²) in [6.45, 7) is 9.43. The number of benzene rings is 1. The molecule has 1 N–H and O–H groups in total. The van der Waals surface area contributed by atoms with Gasteiger partial charge in [-0.3, -0.25) is 4.90 Å². The molecule has 2 nitrogen and oxygen atoms in total. The SMILES string of the molecule is CCC1CN(Cc2cccc(F)c2Cl)C(CC(C)C)CN1. The molecule has 1 saturated heterocycles. The number of rotatable bonds is 5. The molecule has 2 rings (SSSR count). The Hall–Kier alpha value is -0.640. The molecule has 1 aliphatic heterocycles. The summed E-state index contributed by atoms with van der Waals surface area (Å²) in [7, 11) is 0. The highest BCUT2D eigenvalue weighted by Crippen LogP contribution is 2.24. The number of piperazine rings is 1. The summed E-state index contributed by atoms with van der Waals surface area (Å²) in [4.78, 5) is 2.46. The van der Waals surface area contributed by atoms with Crippen molar-refractivity contribution in [2.75, 3.05) is 13.1 Å². The highest BCUT2D eigenvalue weighted by molar-refractivity contribution is 6.31. The van der Waals surface area contributed by atoms with Gasteiger partial charge in [-0.15, -0.1) is 0 Å². The van der Waals surface area contributed by atoms with Gasteiger partial charge in [-0.05, 0) is 30.4 Å². The third-order valence-electron chi connectivity index (χ3n) is 4.25. The summed E-state index contributed by atoms with van der Waals surface area (Å²) in [6.07, 6.45) is 2.26. The van der Waals surface area contributed by atoms with Gasteiger partial charge in [-0.1, -0.05) is 44.5 Å². The molecule has 1 aromatic carbocycles. The summed E-state index contributed by atoms with van der Waals surface area (Å²) in [6, 6.07) is 6.10. The van der Waals surface area contributed by atoms with Gasteiger partial charge in [0.1, 0.15) is 5.82 Å². The van der Waals surface area contributed by atoms with Crippen molar-refractivity contribution in [3.63, 3.8) is 0 Å². The number of nitrogens with one attached hydrogen (secondary N) is 1. The average Bonchev–Trinajstić information content (AvgIpc) is 2.45. The summed E-state index contributed by atoms with van der Waals surface area (Å²) in [5.74, 6) is 0.331. The lowest BCUT2D eigenvalue weighted by molar-refractivity contribution is 0.105. The van der Waals surface area contributed by atoms with E-state index >= 15 is 0 Å². The third kappa shape index (κ3) is 4.41. The van der Waals surface area contributed by atoms with Crippen LogP contribution >= 0.6 is 11.6 Å². The van der Waals surface area contributed by atoms with Crippen LogP contribution < -0.4 is 5.32 Å². The van der Waals surface area contributed by atoms with Crippen LogP contribution in [0.4, 0.5) is 4.39 Å². The van der Waals surface area contributed by atoms with Crippen molar-refractivity contribution < 1.29 is 4.39 Å². The van der Waals surface area contributed by atoms with Crippen molar-refractivity contribution in [3.8, 4) is 0 Å². The average molecular weight is 313 g/mol. The Morgan fingerprint density at radius 3 is 2.86 bits per heavy atom. The van der Waals surface area contributed by atoms with Gasteiger partial charge in [-0.25, -0.2) is 4.39 Å². The molecule has 2 unspecified atom stereocenters. The van der Waals surface area contributed by atoms with E-state index in [1.165, 1.54) is 6.07 Å². The van der Waals surface area contributed by atoms with Crippen LogP contribution in [0.3, 0.4) is 0 Å². The van der Waals surface area contributed by atoms with Crippen LogP contribution in [0.2, 0.25) is 5.02 Å². The normalized spacial score (nSPS) is 23.7. The standard InChI is InChI=1S/C17H26ClFN2/c1-4-14-11-21(15(9-20-14)8-12(2)3)10-13-6-5-7-16(19)17(13)18/h5-7,12,14-15,20H,4,8-11H2,1-3H3. The second-order valence-corrected chi connectivity index (χ2v) is 6.82. The second kappa shape index (κ2) is 7.57. The molecule has 1 heterocycles. The van der Waals surface area contributed by atoms with Gasteiger partial charge in [0.2, 0.25) is 0 Å². The first-order chi connectivity index (χ1) is 10.0. The lowest BCUT2D eigenvalue weighted by Gasteiger charge is -2.41. The van der Waals surface area contributed by atoms with E-state index < -0.39 is 0 Å². The maximum absolute atomic E-state index is 13.6. The Balaban J connectivity index is 2.13. The molecule has 0 aliphatic carbocycles. The topological polar surface area (TPSA) is 15.3 Å². The van der Waals surface area contributed by atoms with Gasteiger partial charge in [0, 0.05) is 31.7 Å². The van der Waals surface area contributed by atoms with Crippen LogP contribution in [0.25, 0.3) is 0 Å². The van der Waals surface area contributed by atoms with Gasteiger partial charge in [0.25, 0.3) is 0 Å². The summed E-state index contributed by atoms with van der Waals surface area (Å²) >= 11 is 6.12. The smallest absolute Gasteiger partial charge is 0.142 e. The van der Waals surface area contributed by atoms with E-state index in [1.807, 2.05) is 6.07 Å². The molecule has 0 aromatic heterocycles. The lowest BCUT2D eigenvalue weighted by Crippen LogP contribution is -2.56. The molecule has 0 spiro atoms. The van der Waals surface area contributed by atoms with E-state index in [0.717, 1.165) is 38.0 Å². The lowest BCUT2D eigenvalue weighted by atomic mass is 9.97. The minimum Gasteiger partial charge on any atom is -0.311 e. The molecule has 21 heavy (non-hydrogen) atoms. The van der Waals surface area contributed by atoms with Crippen LogP contribution in [0.1, 0.15) is 39.2 Å². The maximum Gasteiger partial charge on any atom is 0.142 e. The first-order valence-electron chi connectivity index (χ1n) is 7.91. The Labute approximate surface area is 132 Å². The van der Waals surface area contributed by atoms with Crippen LogP contribution in [0, 0.1) is 11.7 Å². The van der Waals surface area contributed by atoms with E-state index in [4.69, 9.17) is 11.6 Å². The first-order valence-corrected chi connectivity index (χ1v) is 8.29. The quantitative estimate of drug-likeness (QED) is 0.881. The minimum absolute atomic E-state index is 0.271. The molecule has 0 saturated carbocycles. The molecule has 0 amide bonds. The maximum atomic E-state index is 13.6. The summed E-state index contributed by atoms with van der Waals surface area (Å²) in [5.41, 5.74) is 0.891. The Morgan fingerprint density at radius 1 is 1.43 bits per heavy atom. The number of hydrogen-bond acceptors (Lipinski definition) is 2. The highest BCUT2D eigenvalue weighted by atomic mass is 35.5. The zero-order valence-corrected chi connectivity index (χ0v) is 14.0. The molecule has 1 aliphatic rings. The van der Waals surface area contributed by atoms with Crippen LogP contribution in [0.15, 0.2) is 18.2 Å². The number of halogens is 2. The molecule has 0 bridgehead atoms. The molecule has 1 fully saturated rings. The summed E-state index contributed by atoms with van der Waals surface area (Å²) < 4.78 is 13.6. The monoisotopic (exact) mass is 312 g/mol. The van der Waals surface area contributed by atoms with Crippen LogP contribution in [-0.4, -0.2) is 30.1 Å². The van der Waals surface area contributed by atoms with E-state index in [2.05, 4.69) is 31.0 Å². The highest BCUT2D eigenvalue weighted by Gasteiger charge is 2.28. The molecule has 2 atom stereocenters. The van der Waals surface area contributed by atoms with E-state index in [1.54, 1.807) is 6.07 Å². The third-order valence-corrected chi connectivity index (χ3v) is 4.68. The molecule has 4 heteroatoms. The van der Waals surface area contributed by atoms with E-state index in [9.17, 15) is 4.39 Å². The zero-order chi connectivity index (χ0) is 15.4. The van der Waals surface area contributed by atoms with E-state index in [0.29, 0.717) is 18.0 Å². The molecular weight excluding hydrogens is 287 g/mol. The predicted octanol–water partition coefficient (Wildman–Crippen LogP) is 4.08.